The van der Waals surface area contributed by atoms with Crippen LogP contribution in [0.3, 0.4) is 0 Å². The lowest BCUT2D eigenvalue weighted by Gasteiger charge is -2.58. The molecule has 0 spiro atoms. The molecule has 1 aromatic heterocycles. The number of hydrogen-bond donors (Lipinski definition) is 0. The van der Waals surface area contributed by atoms with E-state index in [2.05, 4.69) is 40.7 Å². The maximum atomic E-state index is 13.3. The Morgan fingerprint density at radius 3 is 2.59 bits per heavy atom. The summed E-state index contributed by atoms with van der Waals surface area (Å²) < 4.78 is 23.2. The van der Waals surface area contributed by atoms with Crippen molar-refractivity contribution >= 4 is 16.9 Å². The van der Waals surface area contributed by atoms with Crippen LogP contribution in [-0.4, -0.2) is 25.8 Å². The lowest BCUT2D eigenvalue weighted by Crippen LogP contribution is -2.51. The molecule has 0 bridgehead atoms. The van der Waals surface area contributed by atoms with Gasteiger partial charge < -0.3 is 18.6 Å². The summed E-state index contributed by atoms with van der Waals surface area (Å²) in [5.41, 5.74) is 3.56. The number of carbonyl (C=O) groups excluding carboxylic acids is 1. The zero-order valence-corrected chi connectivity index (χ0v) is 31.7. The smallest absolute Gasteiger partial charge is 0.344 e. The molecule has 6 heteroatoms. The average molecular weight is 695 g/mol. The molecular formula is C45H58O6. The van der Waals surface area contributed by atoms with E-state index in [0.29, 0.717) is 39.0 Å². The normalized spacial score (nSPS) is 30.6. The van der Waals surface area contributed by atoms with Crippen molar-refractivity contribution in [3.63, 3.8) is 0 Å². The Kier molecular flexibility index (Phi) is 10.2. The van der Waals surface area contributed by atoms with Crippen LogP contribution in [0, 0.1) is 46.3 Å². The van der Waals surface area contributed by atoms with Gasteiger partial charge in [0, 0.05) is 18.1 Å². The lowest BCUT2D eigenvalue weighted by molar-refractivity contribution is -0.153. The van der Waals surface area contributed by atoms with Crippen LogP contribution in [0.5, 0.6) is 11.5 Å². The zero-order valence-electron chi connectivity index (χ0n) is 31.7. The molecule has 274 valence electrons. The SMILES string of the molecule is COc1ccccc1-c1coc2cc(OCC(=O)O[C@H]3CC[C@@]4(C)C(=CC[C@H]5C6CC[C@H]([C@H](C)CCCC(C)C)[C@@]6(C)CC[C@@H]54)C3)ccc2c1=O. The summed E-state index contributed by atoms with van der Waals surface area (Å²) in [7, 11) is 1.58. The first-order valence-electron chi connectivity index (χ1n) is 19.7. The number of methoxy groups -OCH3 is 1. The Labute approximate surface area is 304 Å². The molecule has 3 fully saturated rings. The van der Waals surface area contributed by atoms with Crippen molar-refractivity contribution in [3.8, 4) is 22.6 Å². The molecule has 3 aromatic rings. The molecule has 1 heterocycles. The standard InChI is InChI=1S/C45H58O6/c1-28(2)10-9-11-29(3)37-18-19-38-34-16-14-30-24-32(20-22-44(30,4)39(34)21-23-45(37,38)5)51-42(46)27-49-31-15-17-35-41(25-31)50-26-36(43(35)47)33-12-7-8-13-40(33)48-6/h7-8,12-15,17,25-26,28-29,32,34,37-39H,9-11,16,18-24,27H2,1-6H3/t29-,32+,34+,37-,38?,39+,44+,45-/m1/s1. The van der Waals surface area contributed by atoms with Gasteiger partial charge in [-0.1, -0.05) is 83.7 Å². The lowest BCUT2D eigenvalue weighted by atomic mass is 9.47. The van der Waals surface area contributed by atoms with Gasteiger partial charge in [-0.05, 0) is 109 Å². The monoisotopic (exact) mass is 694 g/mol. The van der Waals surface area contributed by atoms with Gasteiger partial charge in [0.05, 0.1) is 18.1 Å². The summed E-state index contributed by atoms with van der Waals surface area (Å²) in [5.74, 6) is 5.57. The molecule has 8 atom stereocenters. The highest BCUT2D eigenvalue weighted by atomic mass is 16.6. The second-order valence-electron chi connectivity index (χ2n) is 17.3. The van der Waals surface area contributed by atoms with Crippen LogP contribution in [0.15, 0.2) is 69.6 Å². The average Bonchev–Trinajstić information content (AvgIpc) is 3.48. The van der Waals surface area contributed by atoms with E-state index in [1.807, 2.05) is 24.3 Å². The summed E-state index contributed by atoms with van der Waals surface area (Å²) in [4.78, 5) is 26.3. The summed E-state index contributed by atoms with van der Waals surface area (Å²) >= 11 is 0. The number of allylic oxidation sites excluding steroid dienone is 1. The van der Waals surface area contributed by atoms with Crippen molar-refractivity contribution in [2.24, 2.45) is 46.3 Å². The van der Waals surface area contributed by atoms with Gasteiger partial charge in [0.15, 0.2) is 6.61 Å². The van der Waals surface area contributed by atoms with E-state index in [9.17, 15) is 9.59 Å². The molecular weight excluding hydrogens is 636 g/mol. The first-order valence-corrected chi connectivity index (χ1v) is 19.7. The minimum absolute atomic E-state index is 0.114. The molecule has 4 aliphatic rings. The number of carbonyl (C=O) groups is 1. The van der Waals surface area contributed by atoms with Gasteiger partial charge in [0.2, 0.25) is 5.43 Å². The second kappa shape index (κ2) is 14.5. The summed E-state index contributed by atoms with van der Waals surface area (Å²) in [6.07, 6.45) is 17.6. The molecule has 1 unspecified atom stereocenters. The van der Waals surface area contributed by atoms with Gasteiger partial charge in [0.25, 0.3) is 0 Å². The van der Waals surface area contributed by atoms with Crippen molar-refractivity contribution in [2.45, 2.75) is 111 Å². The van der Waals surface area contributed by atoms with E-state index in [1.54, 1.807) is 25.3 Å². The van der Waals surface area contributed by atoms with E-state index in [0.717, 1.165) is 54.8 Å². The minimum atomic E-state index is -0.362. The third-order valence-electron chi connectivity index (χ3n) is 14.1. The number of esters is 1. The molecule has 0 saturated heterocycles. The van der Waals surface area contributed by atoms with Gasteiger partial charge in [-0.25, -0.2) is 4.79 Å². The molecule has 6 nitrogen and oxygen atoms in total. The zero-order chi connectivity index (χ0) is 35.9. The van der Waals surface area contributed by atoms with Crippen molar-refractivity contribution in [1.29, 1.82) is 0 Å². The maximum absolute atomic E-state index is 13.3. The Balaban J connectivity index is 0.950. The molecule has 0 N–H and O–H groups in total. The fraction of sp³-hybridized carbons (Fsp3) is 0.600. The Bertz CT molecular complexity index is 1820. The van der Waals surface area contributed by atoms with Crippen LogP contribution in [0.2, 0.25) is 0 Å². The Morgan fingerprint density at radius 1 is 0.961 bits per heavy atom. The van der Waals surface area contributed by atoms with Crippen molar-refractivity contribution in [2.75, 3.05) is 13.7 Å². The van der Waals surface area contributed by atoms with Crippen molar-refractivity contribution in [1.82, 2.24) is 0 Å². The predicted octanol–water partition coefficient (Wildman–Crippen LogP) is 10.8. The molecule has 51 heavy (non-hydrogen) atoms. The van der Waals surface area contributed by atoms with E-state index in [1.165, 1.54) is 63.2 Å². The van der Waals surface area contributed by atoms with Crippen LogP contribution >= 0.6 is 0 Å². The van der Waals surface area contributed by atoms with E-state index in [-0.39, 0.29) is 29.5 Å². The fourth-order valence-electron chi connectivity index (χ4n) is 11.4. The van der Waals surface area contributed by atoms with Gasteiger partial charge in [0.1, 0.15) is 29.4 Å². The van der Waals surface area contributed by atoms with Crippen LogP contribution in [0.1, 0.15) is 105 Å². The number of rotatable bonds is 11. The highest BCUT2D eigenvalue weighted by molar-refractivity contribution is 5.84. The molecule has 0 amide bonds. The number of para-hydroxylation sites is 1. The van der Waals surface area contributed by atoms with Crippen molar-refractivity contribution < 1.29 is 23.4 Å². The number of fused-ring (bicyclic) bond motifs is 6. The fourth-order valence-corrected chi connectivity index (χ4v) is 11.4. The largest absolute Gasteiger partial charge is 0.496 e. The van der Waals surface area contributed by atoms with Crippen LogP contribution in [-0.2, 0) is 9.53 Å². The quantitative estimate of drug-likeness (QED) is 0.147. The molecule has 4 aliphatic carbocycles. The van der Waals surface area contributed by atoms with E-state index in [4.69, 9.17) is 18.6 Å². The van der Waals surface area contributed by atoms with Gasteiger partial charge in [-0.3, -0.25) is 4.79 Å². The number of hydrogen-bond acceptors (Lipinski definition) is 6. The van der Waals surface area contributed by atoms with Crippen molar-refractivity contribution in [3.05, 3.63) is 70.6 Å². The Morgan fingerprint density at radius 2 is 1.78 bits per heavy atom. The van der Waals surface area contributed by atoms with Crippen LogP contribution in [0.4, 0.5) is 0 Å². The number of benzene rings is 2. The molecule has 0 radical (unpaired) electrons. The topological polar surface area (TPSA) is 75.0 Å². The van der Waals surface area contributed by atoms with Crippen LogP contribution in [0.25, 0.3) is 22.1 Å². The molecule has 2 aromatic carbocycles. The van der Waals surface area contributed by atoms with E-state index >= 15 is 0 Å². The van der Waals surface area contributed by atoms with Gasteiger partial charge in [-0.2, -0.15) is 0 Å². The highest BCUT2D eigenvalue weighted by Gasteiger charge is 2.59. The first kappa shape index (κ1) is 35.8. The third-order valence-corrected chi connectivity index (χ3v) is 14.1. The molecule has 3 saturated carbocycles. The van der Waals surface area contributed by atoms with Gasteiger partial charge in [-0.15, -0.1) is 0 Å². The minimum Gasteiger partial charge on any atom is -0.496 e. The van der Waals surface area contributed by atoms with Gasteiger partial charge >= 0.3 is 5.97 Å². The summed E-state index contributed by atoms with van der Waals surface area (Å²) in [5, 5.41) is 0.434. The molecule has 7 rings (SSSR count). The third kappa shape index (κ3) is 6.77. The predicted molar refractivity (Wildman–Crippen MR) is 203 cm³/mol. The highest BCUT2D eigenvalue weighted by Crippen LogP contribution is 2.67. The summed E-state index contributed by atoms with van der Waals surface area (Å²) in [6, 6.07) is 12.4. The summed E-state index contributed by atoms with van der Waals surface area (Å²) in [6.45, 7) is 12.3. The first-order chi connectivity index (χ1) is 24.5. The second-order valence-corrected chi connectivity index (χ2v) is 17.3. The van der Waals surface area contributed by atoms with E-state index < -0.39 is 0 Å². The maximum Gasteiger partial charge on any atom is 0.344 e. The van der Waals surface area contributed by atoms with Crippen LogP contribution < -0.4 is 14.9 Å². The number of ether oxygens (including phenoxy) is 3. The molecule has 0 aliphatic heterocycles. The Hall–Kier alpha value is -3.54.